The molecule has 0 radical (unpaired) electrons. The first-order chi connectivity index (χ1) is 13.5. The standard InChI is InChI=1S/C23H30F2O3/c24-20-13-10-19(22(25)16-20)12-15-21(26)14-11-18-8-5-7-17(18)6-3-1-2-4-9-23(27)28/h10,13,16-18,21,26H,1-9,11,14H2,(H,27,28)/t17-,18+,21?/m0/s1. The summed E-state index contributed by atoms with van der Waals surface area (Å²) < 4.78 is 26.5. The average molecular weight is 392 g/mol. The zero-order valence-corrected chi connectivity index (χ0v) is 16.3. The summed E-state index contributed by atoms with van der Waals surface area (Å²) in [5.41, 5.74) is 0.0992. The molecule has 28 heavy (non-hydrogen) atoms. The van der Waals surface area contributed by atoms with Gasteiger partial charge in [-0.15, -0.1) is 0 Å². The molecule has 1 aliphatic rings. The van der Waals surface area contributed by atoms with Crippen LogP contribution in [0.3, 0.4) is 0 Å². The average Bonchev–Trinajstić information content (AvgIpc) is 3.09. The van der Waals surface area contributed by atoms with Gasteiger partial charge in [0.1, 0.15) is 17.7 Å². The predicted molar refractivity (Wildman–Crippen MR) is 105 cm³/mol. The second-order valence-corrected chi connectivity index (χ2v) is 7.78. The van der Waals surface area contributed by atoms with Crippen LogP contribution in [0.15, 0.2) is 18.2 Å². The van der Waals surface area contributed by atoms with Crippen molar-refractivity contribution >= 4 is 5.97 Å². The van der Waals surface area contributed by atoms with Crippen LogP contribution in [0.1, 0.15) is 76.2 Å². The number of aliphatic carboxylic acids is 1. The molecule has 1 saturated carbocycles. The number of aliphatic hydroxyl groups excluding tert-OH is 1. The molecule has 0 saturated heterocycles. The molecule has 0 bridgehead atoms. The highest BCUT2D eigenvalue weighted by Gasteiger charge is 2.26. The number of aliphatic hydroxyl groups is 1. The summed E-state index contributed by atoms with van der Waals surface area (Å²) in [6, 6.07) is 3.24. The third-order valence-electron chi connectivity index (χ3n) is 5.65. The molecule has 0 aliphatic heterocycles. The molecule has 1 aromatic rings. The van der Waals surface area contributed by atoms with Crippen LogP contribution >= 0.6 is 0 Å². The summed E-state index contributed by atoms with van der Waals surface area (Å²) >= 11 is 0. The molecule has 3 atom stereocenters. The molecule has 1 aliphatic carbocycles. The molecule has 1 aromatic carbocycles. The van der Waals surface area contributed by atoms with Crippen molar-refractivity contribution in [3.05, 3.63) is 35.4 Å². The Bertz CT molecular complexity index is 693. The van der Waals surface area contributed by atoms with Gasteiger partial charge in [-0.05, 0) is 43.2 Å². The number of carboxylic acid groups (broad SMARTS) is 1. The first-order valence-electron chi connectivity index (χ1n) is 10.3. The van der Waals surface area contributed by atoms with Gasteiger partial charge in [-0.1, -0.05) is 56.8 Å². The van der Waals surface area contributed by atoms with Gasteiger partial charge in [0.2, 0.25) is 0 Å². The lowest BCUT2D eigenvalue weighted by Gasteiger charge is -2.20. The second-order valence-electron chi connectivity index (χ2n) is 7.78. The Kier molecular flexibility index (Phi) is 9.43. The lowest BCUT2D eigenvalue weighted by molar-refractivity contribution is -0.137. The van der Waals surface area contributed by atoms with Gasteiger partial charge in [0, 0.05) is 12.5 Å². The van der Waals surface area contributed by atoms with Gasteiger partial charge >= 0.3 is 5.97 Å². The van der Waals surface area contributed by atoms with Crippen molar-refractivity contribution < 1.29 is 23.8 Å². The summed E-state index contributed by atoms with van der Waals surface area (Å²) in [6.07, 6.45) is 9.65. The smallest absolute Gasteiger partial charge is 0.303 e. The van der Waals surface area contributed by atoms with E-state index in [1.807, 2.05) is 0 Å². The first-order valence-corrected chi connectivity index (χ1v) is 10.3. The fourth-order valence-electron chi connectivity index (χ4n) is 4.11. The van der Waals surface area contributed by atoms with Crippen LogP contribution in [0.4, 0.5) is 8.78 Å². The van der Waals surface area contributed by atoms with E-state index >= 15 is 0 Å². The molecular formula is C23H30F2O3. The van der Waals surface area contributed by atoms with Gasteiger partial charge in [0.05, 0.1) is 5.56 Å². The molecule has 5 heteroatoms. The van der Waals surface area contributed by atoms with Crippen LogP contribution in [-0.4, -0.2) is 22.3 Å². The normalized spacial score (nSPS) is 19.8. The van der Waals surface area contributed by atoms with Crippen molar-refractivity contribution in [3.8, 4) is 11.8 Å². The molecule has 0 aromatic heterocycles. The molecule has 1 fully saturated rings. The predicted octanol–water partition coefficient (Wildman–Crippen LogP) is 5.30. The molecule has 0 amide bonds. The fourth-order valence-corrected chi connectivity index (χ4v) is 4.11. The Balaban J connectivity index is 1.69. The van der Waals surface area contributed by atoms with E-state index in [1.54, 1.807) is 0 Å². The van der Waals surface area contributed by atoms with Crippen LogP contribution in [0, 0.1) is 35.3 Å². The zero-order valence-electron chi connectivity index (χ0n) is 16.3. The summed E-state index contributed by atoms with van der Waals surface area (Å²) in [5.74, 6) is 4.47. The summed E-state index contributed by atoms with van der Waals surface area (Å²) in [5, 5.41) is 18.7. The van der Waals surface area contributed by atoms with Crippen LogP contribution in [0.5, 0.6) is 0 Å². The number of rotatable bonds is 10. The highest BCUT2D eigenvalue weighted by molar-refractivity contribution is 5.66. The van der Waals surface area contributed by atoms with Crippen LogP contribution in [0.2, 0.25) is 0 Å². The Morgan fingerprint density at radius 3 is 2.54 bits per heavy atom. The number of carbonyl (C=O) groups is 1. The highest BCUT2D eigenvalue weighted by atomic mass is 19.1. The van der Waals surface area contributed by atoms with E-state index in [0.717, 1.165) is 44.2 Å². The minimum atomic E-state index is -0.804. The van der Waals surface area contributed by atoms with Crippen molar-refractivity contribution in [2.24, 2.45) is 11.8 Å². The van der Waals surface area contributed by atoms with Crippen molar-refractivity contribution in [1.82, 2.24) is 0 Å². The Hall–Kier alpha value is -1.93. The van der Waals surface area contributed by atoms with Gasteiger partial charge in [0.15, 0.2) is 0 Å². The van der Waals surface area contributed by atoms with E-state index in [0.29, 0.717) is 18.3 Å². The fraction of sp³-hybridized carbons (Fsp3) is 0.609. The number of hydrogen-bond donors (Lipinski definition) is 2. The van der Waals surface area contributed by atoms with Gasteiger partial charge in [-0.25, -0.2) is 8.78 Å². The van der Waals surface area contributed by atoms with Gasteiger partial charge < -0.3 is 10.2 Å². The second kappa shape index (κ2) is 11.8. The van der Waals surface area contributed by atoms with Gasteiger partial charge in [-0.3, -0.25) is 4.79 Å². The lowest BCUT2D eigenvalue weighted by atomic mass is 9.86. The quantitative estimate of drug-likeness (QED) is 0.420. The van der Waals surface area contributed by atoms with E-state index in [2.05, 4.69) is 11.8 Å². The number of halogens is 2. The van der Waals surface area contributed by atoms with Crippen LogP contribution < -0.4 is 0 Å². The molecule has 0 spiro atoms. The molecule has 2 rings (SSSR count). The van der Waals surface area contributed by atoms with Crippen molar-refractivity contribution in [2.45, 2.75) is 76.7 Å². The Labute approximate surface area is 166 Å². The van der Waals surface area contributed by atoms with Crippen LogP contribution in [0.25, 0.3) is 0 Å². The number of carboxylic acids is 1. The van der Waals surface area contributed by atoms with Gasteiger partial charge in [0.25, 0.3) is 0 Å². The third kappa shape index (κ3) is 7.98. The van der Waals surface area contributed by atoms with Crippen LogP contribution in [-0.2, 0) is 4.79 Å². The summed E-state index contributed by atoms with van der Waals surface area (Å²) in [4.78, 5) is 10.5. The maximum atomic E-state index is 13.6. The minimum Gasteiger partial charge on any atom is -0.481 e. The first kappa shape index (κ1) is 22.4. The van der Waals surface area contributed by atoms with E-state index in [1.165, 1.54) is 31.7 Å². The monoisotopic (exact) mass is 392 g/mol. The van der Waals surface area contributed by atoms with E-state index in [4.69, 9.17) is 5.11 Å². The SMILES string of the molecule is O=C(O)CCCCCC[C@H]1CCC[C@@H]1CCC(O)C#Cc1ccc(F)cc1F. The Morgan fingerprint density at radius 1 is 1.11 bits per heavy atom. The molecule has 1 unspecified atom stereocenters. The number of hydrogen-bond acceptors (Lipinski definition) is 2. The lowest BCUT2D eigenvalue weighted by Crippen LogP contribution is -2.12. The molecule has 0 heterocycles. The van der Waals surface area contributed by atoms with E-state index < -0.39 is 23.7 Å². The van der Waals surface area contributed by atoms with Crippen molar-refractivity contribution in [2.75, 3.05) is 0 Å². The maximum Gasteiger partial charge on any atom is 0.303 e. The van der Waals surface area contributed by atoms with Crippen molar-refractivity contribution in [3.63, 3.8) is 0 Å². The number of unbranched alkanes of at least 4 members (excludes halogenated alkanes) is 3. The van der Waals surface area contributed by atoms with Crippen molar-refractivity contribution in [1.29, 1.82) is 0 Å². The van der Waals surface area contributed by atoms with E-state index in [-0.39, 0.29) is 12.0 Å². The number of benzene rings is 1. The molecule has 3 nitrogen and oxygen atoms in total. The molecular weight excluding hydrogens is 362 g/mol. The summed E-state index contributed by atoms with van der Waals surface area (Å²) in [6.45, 7) is 0. The maximum absolute atomic E-state index is 13.6. The summed E-state index contributed by atoms with van der Waals surface area (Å²) in [7, 11) is 0. The van der Waals surface area contributed by atoms with E-state index in [9.17, 15) is 18.7 Å². The zero-order chi connectivity index (χ0) is 20.4. The molecule has 2 N–H and O–H groups in total. The topological polar surface area (TPSA) is 57.5 Å². The third-order valence-corrected chi connectivity index (χ3v) is 5.65. The van der Waals surface area contributed by atoms with Gasteiger partial charge in [-0.2, -0.15) is 0 Å². The largest absolute Gasteiger partial charge is 0.481 e. The molecule has 154 valence electrons. The highest BCUT2D eigenvalue weighted by Crippen LogP contribution is 2.38. The minimum absolute atomic E-state index is 0.0992. The Morgan fingerprint density at radius 2 is 1.82 bits per heavy atom.